The lowest BCUT2D eigenvalue weighted by Crippen LogP contribution is -2.56. The molecule has 1 unspecified atom stereocenters. The molecule has 1 aliphatic rings. The van der Waals surface area contributed by atoms with Gasteiger partial charge in [0.05, 0.1) is 13.2 Å². The topological polar surface area (TPSA) is 35.2 Å². The molecule has 1 heterocycles. The number of nitrogens with two attached hydrogens (primary N) is 1. The Hall–Kier alpha value is -0.860. The highest BCUT2D eigenvalue weighted by Crippen LogP contribution is 2.44. The molecule has 0 aliphatic carbocycles. The van der Waals surface area contributed by atoms with Gasteiger partial charge in [-0.3, -0.25) is 0 Å². The fourth-order valence-corrected chi connectivity index (χ4v) is 3.52. The van der Waals surface area contributed by atoms with Crippen LogP contribution in [0.5, 0.6) is 0 Å². The zero-order valence-electron chi connectivity index (χ0n) is 12.9. The summed E-state index contributed by atoms with van der Waals surface area (Å²) in [4.78, 5) is 0. The van der Waals surface area contributed by atoms with Crippen molar-refractivity contribution in [3.63, 3.8) is 0 Å². The summed E-state index contributed by atoms with van der Waals surface area (Å²) in [6.45, 7) is 13.5. The number of rotatable bonds is 4. The van der Waals surface area contributed by atoms with Gasteiger partial charge in [0.15, 0.2) is 0 Å². The fourth-order valence-electron chi connectivity index (χ4n) is 3.52. The minimum absolute atomic E-state index is 0.130. The zero-order valence-corrected chi connectivity index (χ0v) is 12.9. The van der Waals surface area contributed by atoms with E-state index in [1.165, 1.54) is 22.3 Å². The summed E-state index contributed by atoms with van der Waals surface area (Å²) in [5, 5.41) is 0. The van der Waals surface area contributed by atoms with Gasteiger partial charge in [0.1, 0.15) is 0 Å². The normalized spacial score (nSPS) is 19.3. The monoisotopic (exact) mass is 261 g/mol. The number of aryl methyl sites for hydroxylation is 1. The molecule has 19 heavy (non-hydrogen) atoms. The van der Waals surface area contributed by atoms with Crippen LogP contribution in [0.25, 0.3) is 0 Å². The average molecular weight is 261 g/mol. The zero-order chi connectivity index (χ0) is 14.2. The Bertz CT molecular complexity index is 461. The van der Waals surface area contributed by atoms with Gasteiger partial charge in [0, 0.05) is 5.41 Å². The molecule has 0 spiro atoms. The van der Waals surface area contributed by atoms with Crippen LogP contribution < -0.4 is 5.73 Å². The second-order valence-electron chi connectivity index (χ2n) is 6.42. The second kappa shape index (κ2) is 5.26. The van der Waals surface area contributed by atoms with Crippen LogP contribution in [0.1, 0.15) is 36.1 Å². The molecule has 0 amide bonds. The molecule has 2 N–H and O–H groups in total. The van der Waals surface area contributed by atoms with Gasteiger partial charge in [-0.15, -0.1) is 0 Å². The molecule has 0 radical (unpaired) electrons. The van der Waals surface area contributed by atoms with Crippen LogP contribution in [-0.4, -0.2) is 19.8 Å². The summed E-state index contributed by atoms with van der Waals surface area (Å²) in [6, 6.07) is 4.54. The van der Waals surface area contributed by atoms with Crippen LogP contribution in [0.15, 0.2) is 12.1 Å². The molecule has 0 bridgehead atoms. The third-order valence-electron chi connectivity index (χ3n) is 5.08. The highest BCUT2D eigenvalue weighted by Gasteiger charge is 2.48. The summed E-state index contributed by atoms with van der Waals surface area (Å²) in [5.74, 6) is 1.07. The summed E-state index contributed by atoms with van der Waals surface area (Å²) in [7, 11) is 0. The predicted octanol–water partition coefficient (Wildman–Crippen LogP) is 3.11. The van der Waals surface area contributed by atoms with Crippen molar-refractivity contribution < 1.29 is 4.74 Å². The van der Waals surface area contributed by atoms with Crippen molar-refractivity contribution in [2.45, 2.75) is 40.0 Å². The fraction of sp³-hybridized carbons (Fsp3) is 0.647. The maximum atomic E-state index is 6.07. The first kappa shape index (κ1) is 14.5. The van der Waals surface area contributed by atoms with Gasteiger partial charge in [-0.25, -0.2) is 0 Å². The summed E-state index contributed by atoms with van der Waals surface area (Å²) in [5.41, 5.74) is 11.8. The van der Waals surface area contributed by atoms with Crippen LogP contribution in [0.2, 0.25) is 0 Å². The predicted molar refractivity (Wildman–Crippen MR) is 80.5 cm³/mol. The summed E-state index contributed by atoms with van der Waals surface area (Å²) in [6.07, 6.45) is 0. The molecule has 1 fully saturated rings. The molecule has 1 atom stereocenters. The van der Waals surface area contributed by atoms with Gasteiger partial charge in [-0.05, 0) is 61.4 Å². The molecule has 0 saturated carbocycles. The standard InChI is InChI=1S/C17H27NO/c1-11(2)16(8-18)17(9-19-10-17)15-7-6-12(3)13(4)14(15)5/h6-7,11,16H,8-10,18H2,1-5H3. The van der Waals surface area contributed by atoms with E-state index < -0.39 is 0 Å². The molecular weight excluding hydrogens is 234 g/mol. The lowest BCUT2D eigenvalue weighted by Gasteiger charge is -2.50. The molecule has 1 aromatic rings. The van der Waals surface area contributed by atoms with Gasteiger partial charge in [0.2, 0.25) is 0 Å². The quantitative estimate of drug-likeness (QED) is 0.904. The van der Waals surface area contributed by atoms with Crippen molar-refractivity contribution in [2.75, 3.05) is 19.8 Å². The molecule has 1 aliphatic heterocycles. The summed E-state index contributed by atoms with van der Waals surface area (Å²) < 4.78 is 5.60. The first-order valence-corrected chi connectivity index (χ1v) is 7.29. The van der Waals surface area contributed by atoms with Gasteiger partial charge >= 0.3 is 0 Å². The Morgan fingerprint density at radius 2 is 1.79 bits per heavy atom. The van der Waals surface area contributed by atoms with E-state index in [0.29, 0.717) is 11.8 Å². The maximum Gasteiger partial charge on any atom is 0.0589 e. The van der Waals surface area contributed by atoms with E-state index in [9.17, 15) is 0 Å². The number of hydrogen-bond acceptors (Lipinski definition) is 2. The first-order valence-electron chi connectivity index (χ1n) is 7.29. The Morgan fingerprint density at radius 3 is 2.21 bits per heavy atom. The Kier molecular flexibility index (Phi) is 4.03. The lowest BCUT2D eigenvalue weighted by atomic mass is 9.63. The molecule has 0 aromatic heterocycles. The van der Waals surface area contributed by atoms with Crippen LogP contribution >= 0.6 is 0 Å². The Morgan fingerprint density at radius 1 is 1.16 bits per heavy atom. The van der Waals surface area contributed by atoms with Crippen LogP contribution in [0.4, 0.5) is 0 Å². The van der Waals surface area contributed by atoms with Crippen molar-refractivity contribution in [1.82, 2.24) is 0 Å². The minimum atomic E-state index is 0.130. The number of hydrogen-bond donors (Lipinski definition) is 1. The summed E-state index contributed by atoms with van der Waals surface area (Å²) >= 11 is 0. The molecule has 1 saturated heterocycles. The second-order valence-corrected chi connectivity index (χ2v) is 6.42. The van der Waals surface area contributed by atoms with E-state index >= 15 is 0 Å². The van der Waals surface area contributed by atoms with Crippen LogP contribution in [0.3, 0.4) is 0 Å². The molecule has 1 aromatic carbocycles. The van der Waals surface area contributed by atoms with Gasteiger partial charge in [0.25, 0.3) is 0 Å². The van der Waals surface area contributed by atoms with E-state index in [0.717, 1.165) is 19.8 Å². The number of ether oxygens (including phenoxy) is 1. The van der Waals surface area contributed by atoms with E-state index in [1.807, 2.05) is 0 Å². The van der Waals surface area contributed by atoms with Crippen LogP contribution in [0, 0.1) is 32.6 Å². The largest absolute Gasteiger partial charge is 0.379 e. The molecule has 106 valence electrons. The van der Waals surface area contributed by atoms with Crippen LogP contribution in [-0.2, 0) is 10.2 Å². The molecular formula is C17H27NO. The van der Waals surface area contributed by atoms with E-state index in [2.05, 4.69) is 46.8 Å². The maximum absolute atomic E-state index is 6.07. The third kappa shape index (κ3) is 2.21. The van der Waals surface area contributed by atoms with Gasteiger partial charge in [-0.1, -0.05) is 26.0 Å². The Balaban J connectivity index is 2.50. The average Bonchev–Trinajstić information content (AvgIpc) is 2.31. The third-order valence-corrected chi connectivity index (χ3v) is 5.08. The first-order chi connectivity index (χ1) is 8.94. The van der Waals surface area contributed by atoms with E-state index in [-0.39, 0.29) is 5.41 Å². The van der Waals surface area contributed by atoms with Crippen molar-refractivity contribution >= 4 is 0 Å². The smallest absolute Gasteiger partial charge is 0.0589 e. The highest BCUT2D eigenvalue weighted by molar-refractivity contribution is 5.44. The van der Waals surface area contributed by atoms with Crippen molar-refractivity contribution in [1.29, 1.82) is 0 Å². The molecule has 2 rings (SSSR count). The Labute approximate surface area is 117 Å². The SMILES string of the molecule is Cc1ccc(C2(C(CN)C(C)C)COC2)c(C)c1C. The van der Waals surface area contributed by atoms with Gasteiger partial charge in [-0.2, -0.15) is 0 Å². The molecule has 2 nitrogen and oxygen atoms in total. The minimum Gasteiger partial charge on any atom is -0.379 e. The van der Waals surface area contributed by atoms with Crippen molar-refractivity contribution in [2.24, 2.45) is 17.6 Å². The number of benzene rings is 1. The molecule has 2 heteroatoms. The van der Waals surface area contributed by atoms with Gasteiger partial charge < -0.3 is 10.5 Å². The van der Waals surface area contributed by atoms with Crippen molar-refractivity contribution in [3.05, 3.63) is 34.4 Å². The van der Waals surface area contributed by atoms with E-state index in [1.54, 1.807) is 0 Å². The lowest BCUT2D eigenvalue weighted by molar-refractivity contribution is -0.0985. The van der Waals surface area contributed by atoms with Crippen molar-refractivity contribution in [3.8, 4) is 0 Å². The van der Waals surface area contributed by atoms with E-state index in [4.69, 9.17) is 10.5 Å². The highest BCUT2D eigenvalue weighted by atomic mass is 16.5.